The Labute approximate surface area is 309 Å². The van der Waals surface area contributed by atoms with Crippen LogP contribution in [0.2, 0.25) is 5.02 Å². The van der Waals surface area contributed by atoms with Crippen LogP contribution in [0.5, 0.6) is 5.75 Å². The van der Waals surface area contributed by atoms with Gasteiger partial charge in [0, 0.05) is 31.6 Å². The highest BCUT2D eigenvalue weighted by Gasteiger charge is 2.33. The molecule has 0 amide bonds. The number of likely N-dealkylation sites (N-methyl/N-ethyl adjacent to an activating group) is 1. The van der Waals surface area contributed by atoms with Crippen LogP contribution < -0.4 is 20.9 Å². The van der Waals surface area contributed by atoms with E-state index in [4.69, 9.17) is 65.6 Å². The van der Waals surface area contributed by atoms with Crippen molar-refractivity contribution in [3.63, 3.8) is 0 Å². The number of halogens is 1. The van der Waals surface area contributed by atoms with Crippen LogP contribution in [0, 0.1) is 0 Å². The molecule has 0 spiro atoms. The van der Waals surface area contributed by atoms with Crippen LogP contribution in [0.1, 0.15) is 63.1 Å². The minimum Gasteiger partial charge on any atom is -0.495 e. The van der Waals surface area contributed by atoms with Gasteiger partial charge in [-0.25, -0.2) is 5.84 Å². The Bertz CT molecular complexity index is 1250. The van der Waals surface area contributed by atoms with Crippen molar-refractivity contribution in [2.24, 2.45) is 5.84 Å². The fourth-order valence-electron chi connectivity index (χ4n) is 6.40. The number of hydrogen-bond acceptors (Lipinski definition) is 13. The van der Waals surface area contributed by atoms with Gasteiger partial charge < -0.3 is 43.0 Å². The third-order valence-electron chi connectivity index (χ3n) is 9.59. The van der Waals surface area contributed by atoms with E-state index in [0.717, 1.165) is 61.3 Å². The molecule has 15 heteroatoms. The predicted octanol–water partition coefficient (Wildman–Crippen LogP) is 4.73. The van der Waals surface area contributed by atoms with Crippen molar-refractivity contribution in [2.75, 3.05) is 124 Å². The summed E-state index contributed by atoms with van der Waals surface area (Å²) in [4.78, 5) is 14.6. The Morgan fingerprint density at radius 3 is 1.88 bits per heavy atom. The molecule has 2 aromatic rings. The lowest BCUT2D eigenvalue weighted by Gasteiger charge is -2.42. The SMILES string of the molecule is COCCOCCOCCOCCOCCOCC[N+]1(C)CCC(N(N)c2nc(Nc3ccc(OC)c(Cl)c3)nc(C3CCCCCC3)n2)CC1. The first-order chi connectivity index (χ1) is 24.9. The monoisotopic (exact) mass is 738 g/mol. The van der Waals surface area contributed by atoms with Crippen molar-refractivity contribution in [1.82, 2.24) is 15.0 Å². The molecule has 1 aromatic heterocycles. The number of benzene rings is 1. The zero-order valence-electron chi connectivity index (χ0n) is 31.0. The van der Waals surface area contributed by atoms with Gasteiger partial charge >= 0.3 is 0 Å². The molecule has 2 heterocycles. The van der Waals surface area contributed by atoms with Gasteiger partial charge in [0.1, 0.15) is 18.1 Å². The molecule has 4 rings (SSSR count). The van der Waals surface area contributed by atoms with Gasteiger partial charge in [0.15, 0.2) is 0 Å². The number of rotatable bonds is 24. The lowest BCUT2D eigenvalue weighted by Crippen LogP contribution is -2.57. The van der Waals surface area contributed by atoms with Gasteiger partial charge in [0.2, 0.25) is 11.9 Å². The summed E-state index contributed by atoms with van der Waals surface area (Å²) in [5.74, 6) is 9.50. The van der Waals surface area contributed by atoms with E-state index < -0.39 is 0 Å². The molecule has 51 heavy (non-hydrogen) atoms. The Hall–Kier alpha value is -2.40. The zero-order chi connectivity index (χ0) is 36.2. The number of nitrogens with one attached hydrogen (secondary N) is 1. The molecule has 1 aliphatic carbocycles. The Morgan fingerprint density at radius 2 is 1.33 bits per heavy atom. The number of aromatic nitrogens is 3. The molecule has 3 N–H and O–H groups in total. The van der Waals surface area contributed by atoms with E-state index in [0.29, 0.717) is 101 Å². The average Bonchev–Trinajstić information content (AvgIpc) is 3.43. The van der Waals surface area contributed by atoms with Crippen LogP contribution in [0.15, 0.2) is 18.2 Å². The molecule has 14 nitrogen and oxygen atoms in total. The van der Waals surface area contributed by atoms with Crippen molar-refractivity contribution in [2.45, 2.75) is 63.3 Å². The van der Waals surface area contributed by atoms with Crippen molar-refractivity contribution < 1.29 is 37.6 Å². The van der Waals surface area contributed by atoms with Gasteiger partial charge in [-0.2, -0.15) is 15.0 Å². The normalized spacial score (nSPS) is 19.9. The van der Waals surface area contributed by atoms with E-state index in [2.05, 4.69) is 12.4 Å². The van der Waals surface area contributed by atoms with Crippen molar-refractivity contribution in [3.8, 4) is 5.75 Å². The number of quaternary nitrogens is 1. The molecule has 0 unspecified atom stereocenters. The number of piperidine rings is 1. The van der Waals surface area contributed by atoms with Gasteiger partial charge in [-0.1, -0.05) is 37.3 Å². The summed E-state index contributed by atoms with van der Waals surface area (Å²) in [5, 5.41) is 5.62. The smallest absolute Gasteiger partial charge is 0.245 e. The van der Waals surface area contributed by atoms with Gasteiger partial charge in [0.25, 0.3) is 0 Å². The van der Waals surface area contributed by atoms with Gasteiger partial charge in [-0.15, -0.1) is 0 Å². The predicted molar refractivity (Wildman–Crippen MR) is 198 cm³/mol. The highest BCUT2D eigenvalue weighted by Crippen LogP contribution is 2.33. The summed E-state index contributed by atoms with van der Waals surface area (Å²) >= 11 is 6.40. The lowest BCUT2D eigenvalue weighted by atomic mass is 9.99. The molecule has 2 fully saturated rings. The number of nitrogens with two attached hydrogens (primary N) is 1. The summed E-state index contributed by atoms with van der Waals surface area (Å²) in [5.41, 5.74) is 0.774. The first kappa shape index (κ1) is 41.4. The Balaban J connectivity index is 1.16. The van der Waals surface area contributed by atoms with Crippen LogP contribution in [0.4, 0.5) is 17.6 Å². The first-order valence-electron chi connectivity index (χ1n) is 18.5. The van der Waals surface area contributed by atoms with E-state index >= 15 is 0 Å². The number of hydrogen-bond donors (Lipinski definition) is 2. The second-order valence-electron chi connectivity index (χ2n) is 13.5. The summed E-state index contributed by atoms with van der Waals surface area (Å²) in [6.07, 6.45) is 8.90. The Morgan fingerprint density at radius 1 is 0.765 bits per heavy atom. The highest BCUT2D eigenvalue weighted by atomic mass is 35.5. The quantitative estimate of drug-likeness (QED) is 0.0504. The molecule has 1 saturated heterocycles. The minimum absolute atomic E-state index is 0.132. The lowest BCUT2D eigenvalue weighted by molar-refractivity contribution is -0.914. The number of anilines is 3. The molecule has 288 valence electrons. The average molecular weight is 739 g/mol. The number of hydrazine groups is 1. The minimum atomic E-state index is 0.132. The first-order valence-corrected chi connectivity index (χ1v) is 18.9. The second-order valence-corrected chi connectivity index (χ2v) is 13.9. The third kappa shape index (κ3) is 14.9. The molecule has 0 bridgehead atoms. The maximum absolute atomic E-state index is 6.80. The van der Waals surface area contributed by atoms with E-state index in [1.165, 1.54) is 25.7 Å². The van der Waals surface area contributed by atoms with E-state index in [-0.39, 0.29) is 6.04 Å². The fourth-order valence-corrected chi connectivity index (χ4v) is 6.65. The van der Waals surface area contributed by atoms with Crippen LogP contribution in [0.3, 0.4) is 0 Å². The molecular formula is C36H61ClN7O7+. The molecule has 1 aromatic carbocycles. The van der Waals surface area contributed by atoms with Crippen LogP contribution in [0.25, 0.3) is 0 Å². The summed E-state index contributed by atoms with van der Waals surface area (Å²) in [6.45, 7) is 9.14. The molecule has 1 aliphatic heterocycles. The number of ether oxygens (including phenoxy) is 7. The summed E-state index contributed by atoms with van der Waals surface area (Å²) < 4.78 is 39.1. The van der Waals surface area contributed by atoms with Gasteiger partial charge in [0.05, 0.1) is 111 Å². The molecule has 0 atom stereocenters. The maximum atomic E-state index is 6.80. The highest BCUT2D eigenvalue weighted by molar-refractivity contribution is 6.32. The fraction of sp³-hybridized carbons (Fsp3) is 0.750. The van der Waals surface area contributed by atoms with Gasteiger partial charge in [-0.3, -0.25) is 5.01 Å². The third-order valence-corrected chi connectivity index (χ3v) is 9.89. The topological polar surface area (TPSA) is 145 Å². The molecule has 0 radical (unpaired) electrons. The maximum Gasteiger partial charge on any atom is 0.245 e. The zero-order valence-corrected chi connectivity index (χ0v) is 31.7. The molecule has 1 saturated carbocycles. The standard InChI is InChI=1S/C36H61ClN7O7/c1-44(16-17-47-20-21-49-24-25-51-27-26-50-23-22-48-19-18-45-2)14-12-31(13-15-44)43(38)36-41-34(29-8-6-4-5-7-9-29)40-35(42-36)39-30-10-11-33(46-3)32(37)28-30/h10-11,28-29,31H,4-9,12-27,38H2,1-3H3,(H,39,40,41,42)/q+1. The van der Waals surface area contributed by atoms with Gasteiger partial charge in [-0.05, 0) is 31.0 Å². The van der Waals surface area contributed by atoms with E-state index in [1.807, 2.05) is 18.2 Å². The number of likely N-dealkylation sites (tertiary alicyclic amines) is 1. The summed E-state index contributed by atoms with van der Waals surface area (Å²) in [6, 6.07) is 5.67. The molecular weight excluding hydrogens is 678 g/mol. The summed E-state index contributed by atoms with van der Waals surface area (Å²) in [7, 11) is 5.55. The van der Waals surface area contributed by atoms with Crippen molar-refractivity contribution >= 4 is 29.2 Å². The van der Waals surface area contributed by atoms with Crippen molar-refractivity contribution in [1.29, 1.82) is 0 Å². The largest absolute Gasteiger partial charge is 0.495 e. The van der Waals surface area contributed by atoms with E-state index in [1.54, 1.807) is 19.2 Å². The van der Waals surface area contributed by atoms with Crippen LogP contribution in [-0.4, -0.2) is 139 Å². The van der Waals surface area contributed by atoms with Crippen molar-refractivity contribution in [3.05, 3.63) is 29.0 Å². The molecule has 2 aliphatic rings. The van der Waals surface area contributed by atoms with E-state index in [9.17, 15) is 0 Å². The number of methoxy groups -OCH3 is 2. The van der Waals surface area contributed by atoms with Crippen LogP contribution in [-0.2, 0) is 28.4 Å². The Kier molecular flexibility index (Phi) is 18.9. The second kappa shape index (κ2) is 23.3. The van der Waals surface area contributed by atoms with Crippen LogP contribution >= 0.6 is 11.6 Å². The number of nitrogens with zero attached hydrogens (tertiary/aromatic N) is 5.